The standard InChI is InChI=1S/C13H24BrN3/c1-4-9-15-10-7-6-8-12-13(14)11(5-2)16-17(12)3/h15H,4-10H2,1-3H3. The number of unbranched alkanes of at least 4 members (excludes halogenated alkanes) is 1. The first-order valence-electron chi connectivity index (χ1n) is 6.61. The van der Waals surface area contributed by atoms with Crippen molar-refractivity contribution >= 4 is 15.9 Å². The van der Waals surface area contributed by atoms with Gasteiger partial charge in [0.2, 0.25) is 0 Å². The van der Waals surface area contributed by atoms with E-state index in [2.05, 4.69) is 40.2 Å². The minimum atomic E-state index is 0.993. The summed E-state index contributed by atoms with van der Waals surface area (Å²) in [6.45, 7) is 6.61. The Kier molecular flexibility index (Phi) is 6.82. The Bertz CT molecular complexity index is 334. The van der Waals surface area contributed by atoms with Crippen LogP contribution >= 0.6 is 15.9 Å². The number of hydrogen-bond donors (Lipinski definition) is 1. The van der Waals surface area contributed by atoms with Gasteiger partial charge in [-0.3, -0.25) is 4.68 Å². The van der Waals surface area contributed by atoms with Gasteiger partial charge in [0.25, 0.3) is 0 Å². The van der Waals surface area contributed by atoms with Gasteiger partial charge in [0.05, 0.1) is 15.9 Å². The Morgan fingerprint density at radius 2 is 2.00 bits per heavy atom. The average Bonchev–Trinajstić information content (AvgIpc) is 2.60. The van der Waals surface area contributed by atoms with E-state index in [1.807, 2.05) is 11.7 Å². The summed E-state index contributed by atoms with van der Waals surface area (Å²) in [6, 6.07) is 0. The molecule has 3 nitrogen and oxygen atoms in total. The number of rotatable bonds is 8. The number of halogens is 1. The van der Waals surface area contributed by atoms with E-state index in [1.54, 1.807) is 0 Å². The molecule has 0 radical (unpaired) electrons. The summed E-state index contributed by atoms with van der Waals surface area (Å²) in [5, 5.41) is 7.94. The fraction of sp³-hybridized carbons (Fsp3) is 0.769. The number of nitrogens with zero attached hydrogens (tertiary/aromatic N) is 2. The predicted molar refractivity (Wildman–Crippen MR) is 76.4 cm³/mol. The van der Waals surface area contributed by atoms with E-state index in [-0.39, 0.29) is 0 Å². The van der Waals surface area contributed by atoms with Crippen molar-refractivity contribution in [2.24, 2.45) is 7.05 Å². The van der Waals surface area contributed by atoms with E-state index < -0.39 is 0 Å². The molecule has 1 aromatic heterocycles. The third-order valence-electron chi connectivity index (χ3n) is 2.95. The minimum absolute atomic E-state index is 0.993. The lowest BCUT2D eigenvalue weighted by atomic mass is 10.1. The van der Waals surface area contributed by atoms with Gasteiger partial charge >= 0.3 is 0 Å². The molecule has 0 aromatic carbocycles. The fourth-order valence-corrected chi connectivity index (χ4v) is 2.75. The van der Waals surface area contributed by atoms with Crippen molar-refractivity contribution < 1.29 is 0 Å². The molecule has 17 heavy (non-hydrogen) atoms. The van der Waals surface area contributed by atoms with Crippen molar-refractivity contribution in [3.05, 3.63) is 15.9 Å². The summed E-state index contributed by atoms with van der Waals surface area (Å²) < 4.78 is 3.23. The second-order valence-corrected chi connectivity index (χ2v) is 5.18. The molecule has 1 N–H and O–H groups in total. The molecule has 1 rings (SSSR count). The van der Waals surface area contributed by atoms with Gasteiger partial charge in [-0.15, -0.1) is 0 Å². The van der Waals surface area contributed by atoms with E-state index in [4.69, 9.17) is 0 Å². The maximum Gasteiger partial charge on any atom is 0.0766 e. The zero-order valence-electron chi connectivity index (χ0n) is 11.2. The predicted octanol–water partition coefficient (Wildman–Crippen LogP) is 3.07. The molecule has 0 fully saturated rings. The van der Waals surface area contributed by atoms with Crippen molar-refractivity contribution in [2.45, 2.75) is 46.0 Å². The third kappa shape index (κ3) is 4.43. The van der Waals surface area contributed by atoms with Crippen LogP contribution in [0.4, 0.5) is 0 Å². The highest BCUT2D eigenvalue weighted by Gasteiger charge is 2.11. The van der Waals surface area contributed by atoms with Gasteiger partial charge in [-0.05, 0) is 61.1 Å². The minimum Gasteiger partial charge on any atom is -0.317 e. The zero-order chi connectivity index (χ0) is 12.7. The molecule has 0 aliphatic heterocycles. The highest BCUT2D eigenvalue weighted by molar-refractivity contribution is 9.10. The van der Waals surface area contributed by atoms with Gasteiger partial charge in [0.1, 0.15) is 0 Å². The summed E-state index contributed by atoms with van der Waals surface area (Å²) in [7, 11) is 2.04. The maximum atomic E-state index is 4.51. The molecule has 4 heteroatoms. The van der Waals surface area contributed by atoms with Gasteiger partial charge in [0, 0.05) is 7.05 Å². The second-order valence-electron chi connectivity index (χ2n) is 4.39. The second kappa shape index (κ2) is 7.88. The van der Waals surface area contributed by atoms with E-state index in [9.17, 15) is 0 Å². The monoisotopic (exact) mass is 301 g/mol. The summed E-state index contributed by atoms with van der Waals surface area (Å²) in [4.78, 5) is 0. The van der Waals surface area contributed by atoms with Crippen molar-refractivity contribution in [3.8, 4) is 0 Å². The van der Waals surface area contributed by atoms with Crippen LogP contribution in [-0.4, -0.2) is 22.9 Å². The van der Waals surface area contributed by atoms with Crippen molar-refractivity contribution in [1.29, 1.82) is 0 Å². The molecule has 0 amide bonds. The number of nitrogens with one attached hydrogen (secondary N) is 1. The van der Waals surface area contributed by atoms with Gasteiger partial charge in [-0.1, -0.05) is 13.8 Å². The Hall–Kier alpha value is -0.350. The van der Waals surface area contributed by atoms with Gasteiger partial charge in [-0.2, -0.15) is 5.10 Å². The third-order valence-corrected chi connectivity index (χ3v) is 3.86. The first kappa shape index (κ1) is 14.7. The molecule has 1 aromatic rings. The molecular weight excluding hydrogens is 278 g/mol. The van der Waals surface area contributed by atoms with Crippen LogP contribution in [0.15, 0.2) is 4.47 Å². The number of aryl methyl sites for hydroxylation is 2. The fourth-order valence-electron chi connectivity index (χ4n) is 1.94. The lowest BCUT2D eigenvalue weighted by Crippen LogP contribution is -2.16. The Morgan fingerprint density at radius 1 is 1.24 bits per heavy atom. The van der Waals surface area contributed by atoms with Crippen LogP contribution in [-0.2, 0) is 19.9 Å². The van der Waals surface area contributed by atoms with Crippen molar-refractivity contribution in [3.63, 3.8) is 0 Å². The summed E-state index contributed by atoms with van der Waals surface area (Å²) in [6.07, 6.45) is 5.77. The molecule has 1 heterocycles. The molecule has 0 unspecified atom stereocenters. The Labute approximate surface area is 113 Å². The highest BCUT2D eigenvalue weighted by Crippen LogP contribution is 2.22. The SMILES string of the molecule is CCCNCCCCc1c(Br)c(CC)nn1C. The van der Waals surface area contributed by atoms with Crippen LogP contribution in [0.25, 0.3) is 0 Å². The first-order chi connectivity index (χ1) is 8.20. The van der Waals surface area contributed by atoms with Crippen LogP contribution < -0.4 is 5.32 Å². The van der Waals surface area contributed by atoms with Crippen LogP contribution in [0.2, 0.25) is 0 Å². The summed E-state index contributed by atoms with van der Waals surface area (Å²) in [5.74, 6) is 0. The topological polar surface area (TPSA) is 29.9 Å². The first-order valence-corrected chi connectivity index (χ1v) is 7.40. The molecule has 0 saturated heterocycles. The Morgan fingerprint density at radius 3 is 2.59 bits per heavy atom. The Balaban J connectivity index is 2.34. The molecule has 0 saturated carbocycles. The van der Waals surface area contributed by atoms with Gasteiger partial charge in [0.15, 0.2) is 0 Å². The van der Waals surface area contributed by atoms with Crippen LogP contribution in [0.3, 0.4) is 0 Å². The van der Waals surface area contributed by atoms with E-state index >= 15 is 0 Å². The van der Waals surface area contributed by atoms with Crippen LogP contribution in [0.5, 0.6) is 0 Å². The molecule has 0 spiro atoms. The van der Waals surface area contributed by atoms with E-state index in [1.165, 1.54) is 35.1 Å². The molecule has 0 atom stereocenters. The number of aromatic nitrogens is 2. The molecule has 0 aliphatic rings. The van der Waals surface area contributed by atoms with Crippen LogP contribution in [0, 0.1) is 0 Å². The molecule has 0 aliphatic carbocycles. The highest BCUT2D eigenvalue weighted by atomic mass is 79.9. The maximum absolute atomic E-state index is 4.51. The normalized spacial score (nSPS) is 11.1. The lowest BCUT2D eigenvalue weighted by molar-refractivity contribution is 0.600. The summed E-state index contributed by atoms with van der Waals surface area (Å²) >= 11 is 3.66. The largest absolute Gasteiger partial charge is 0.317 e. The van der Waals surface area contributed by atoms with Gasteiger partial charge in [-0.25, -0.2) is 0 Å². The van der Waals surface area contributed by atoms with E-state index in [0.717, 1.165) is 25.9 Å². The molecular formula is C13H24BrN3. The summed E-state index contributed by atoms with van der Waals surface area (Å²) in [5.41, 5.74) is 2.50. The van der Waals surface area contributed by atoms with Crippen molar-refractivity contribution in [2.75, 3.05) is 13.1 Å². The van der Waals surface area contributed by atoms with Crippen molar-refractivity contribution in [1.82, 2.24) is 15.1 Å². The molecule has 98 valence electrons. The molecule has 0 bridgehead atoms. The quantitative estimate of drug-likeness (QED) is 0.748. The van der Waals surface area contributed by atoms with E-state index in [0.29, 0.717) is 0 Å². The van der Waals surface area contributed by atoms with Gasteiger partial charge < -0.3 is 5.32 Å². The zero-order valence-corrected chi connectivity index (χ0v) is 12.8. The average molecular weight is 302 g/mol. The number of hydrogen-bond acceptors (Lipinski definition) is 2. The lowest BCUT2D eigenvalue weighted by Gasteiger charge is -2.04. The smallest absolute Gasteiger partial charge is 0.0766 e. The van der Waals surface area contributed by atoms with Crippen LogP contribution in [0.1, 0.15) is 44.5 Å².